The van der Waals surface area contributed by atoms with Gasteiger partial charge in [0.1, 0.15) is 11.1 Å². The van der Waals surface area contributed by atoms with E-state index < -0.39 is 16.9 Å². The second-order valence-corrected chi connectivity index (χ2v) is 7.45. The van der Waals surface area contributed by atoms with Gasteiger partial charge < -0.3 is 15.1 Å². The molecule has 148 valence electrons. The van der Waals surface area contributed by atoms with Crippen molar-refractivity contribution in [1.29, 1.82) is 0 Å². The van der Waals surface area contributed by atoms with Crippen molar-refractivity contribution in [3.05, 3.63) is 38.9 Å². The molecule has 1 aliphatic rings. The first kappa shape index (κ1) is 21.1. The first-order valence-electron chi connectivity index (χ1n) is 9.11. The van der Waals surface area contributed by atoms with Gasteiger partial charge in [-0.2, -0.15) is 0 Å². The number of nitrogens with zero attached hydrogens (tertiary/aromatic N) is 2. The normalized spacial score (nSPS) is 16.3. The van der Waals surface area contributed by atoms with Gasteiger partial charge in [0.15, 0.2) is 0 Å². The Kier molecular flexibility index (Phi) is 7.15. The number of carbonyl (C=O) groups excluding carboxylic acids is 2. The van der Waals surface area contributed by atoms with E-state index in [9.17, 15) is 19.7 Å². The van der Waals surface area contributed by atoms with Gasteiger partial charge in [-0.1, -0.05) is 25.4 Å². The molecule has 0 aromatic heterocycles. The summed E-state index contributed by atoms with van der Waals surface area (Å²) in [5.41, 5.74) is -0.236. The zero-order chi connectivity index (χ0) is 20.1. The predicted octanol–water partition coefficient (Wildman–Crippen LogP) is 0.750. The van der Waals surface area contributed by atoms with Crippen LogP contribution < -0.4 is 10.2 Å². The number of nitro groups is 1. The van der Waals surface area contributed by atoms with Crippen LogP contribution in [0.1, 0.15) is 31.1 Å². The molecule has 1 fully saturated rings. The van der Waals surface area contributed by atoms with Gasteiger partial charge >= 0.3 is 0 Å². The van der Waals surface area contributed by atoms with E-state index in [0.29, 0.717) is 13.1 Å². The molecule has 0 saturated carbocycles. The summed E-state index contributed by atoms with van der Waals surface area (Å²) in [5.74, 6) is -0.753. The molecule has 2 N–H and O–H groups in total. The van der Waals surface area contributed by atoms with Gasteiger partial charge in [0.2, 0.25) is 5.91 Å². The molecule has 27 heavy (non-hydrogen) atoms. The van der Waals surface area contributed by atoms with Crippen LogP contribution in [0, 0.1) is 16.0 Å². The molecule has 1 aromatic rings. The first-order chi connectivity index (χ1) is 12.7. The predicted molar refractivity (Wildman–Crippen MR) is 102 cm³/mol. The smallest absolute Gasteiger partial charge is 0.288 e. The summed E-state index contributed by atoms with van der Waals surface area (Å²) >= 11 is 5.79. The lowest BCUT2D eigenvalue weighted by Gasteiger charge is -2.35. The van der Waals surface area contributed by atoms with Crippen LogP contribution in [0.5, 0.6) is 0 Å². The van der Waals surface area contributed by atoms with Crippen molar-refractivity contribution in [1.82, 2.24) is 10.2 Å². The van der Waals surface area contributed by atoms with Gasteiger partial charge in [-0.25, -0.2) is 0 Å². The van der Waals surface area contributed by atoms with Crippen LogP contribution in [-0.4, -0.2) is 60.4 Å². The largest absolute Gasteiger partial charge is 0.340 e. The van der Waals surface area contributed by atoms with Crippen molar-refractivity contribution in [2.24, 2.45) is 5.92 Å². The maximum Gasteiger partial charge on any atom is 0.288 e. The number of nitrogens with one attached hydrogen (secondary N) is 2. The average Bonchev–Trinajstić information content (AvgIpc) is 2.65. The average molecular weight is 398 g/mol. The lowest BCUT2D eigenvalue weighted by atomic mass is 10.0. The Morgan fingerprint density at radius 1 is 1.33 bits per heavy atom. The molecule has 0 aliphatic carbocycles. The number of halogens is 1. The van der Waals surface area contributed by atoms with Gasteiger partial charge in [0.05, 0.1) is 37.6 Å². The zero-order valence-electron chi connectivity index (χ0n) is 15.8. The Bertz CT molecular complexity index is 717. The number of benzene rings is 1. The van der Waals surface area contributed by atoms with Crippen molar-refractivity contribution in [3.8, 4) is 0 Å². The minimum Gasteiger partial charge on any atom is -0.340 e. The first-order valence-corrected chi connectivity index (χ1v) is 9.49. The van der Waals surface area contributed by atoms with Gasteiger partial charge in [0, 0.05) is 11.6 Å². The Hall–Kier alpha value is -2.19. The van der Waals surface area contributed by atoms with Crippen molar-refractivity contribution < 1.29 is 19.4 Å². The molecule has 1 aromatic carbocycles. The van der Waals surface area contributed by atoms with Crippen LogP contribution in [0.25, 0.3) is 0 Å². The Morgan fingerprint density at radius 3 is 2.48 bits per heavy atom. The lowest BCUT2D eigenvalue weighted by molar-refractivity contribution is -0.902. The third-order valence-electron chi connectivity index (χ3n) is 4.91. The summed E-state index contributed by atoms with van der Waals surface area (Å²) in [6.45, 7) is 9.98. The van der Waals surface area contributed by atoms with E-state index in [4.69, 9.17) is 11.6 Å². The molecular weight excluding hydrogens is 372 g/mol. The van der Waals surface area contributed by atoms with Gasteiger partial charge in [0.25, 0.3) is 11.6 Å². The third kappa shape index (κ3) is 5.17. The molecule has 0 spiro atoms. The fraction of sp³-hybridized carbons (Fsp3) is 0.556. The minimum absolute atomic E-state index is 0.0377. The Morgan fingerprint density at radius 2 is 1.96 bits per heavy atom. The number of carbonyl (C=O) groups is 2. The van der Waals surface area contributed by atoms with Crippen molar-refractivity contribution in [2.45, 2.75) is 26.8 Å². The number of piperazine rings is 1. The second-order valence-electron chi connectivity index (χ2n) is 7.05. The number of quaternary nitrogens is 1. The molecule has 2 amide bonds. The summed E-state index contributed by atoms with van der Waals surface area (Å²) in [5, 5.41) is 13.7. The summed E-state index contributed by atoms with van der Waals surface area (Å²) in [6.07, 6.45) is 0. The molecule has 0 unspecified atom stereocenters. The number of hydrogen-bond donors (Lipinski definition) is 2. The van der Waals surface area contributed by atoms with Gasteiger partial charge in [-0.05, 0) is 25.0 Å². The number of amides is 2. The fourth-order valence-corrected chi connectivity index (χ4v) is 3.31. The van der Waals surface area contributed by atoms with E-state index in [1.807, 2.05) is 13.8 Å². The monoisotopic (exact) mass is 397 g/mol. The summed E-state index contributed by atoms with van der Waals surface area (Å²) < 4.78 is 0. The summed E-state index contributed by atoms with van der Waals surface area (Å²) in [7, 11) is 0. The highest BCUT2D eigenvalue weighted by Gasteiger charge is 2.32. The molecule has 1 atom stereocenters. The number of likely N-dealkylation sites (N-methyl/N-ethyl adjacent to an activating group) is 1. The molecule has 0 bridgehead atoms. The Labute approximate surface area is 163 Å². The topological polar surface area (TPSA) is 97.0 Å². The van der Waals surface area contributed by atoms with E-state index in [1.165, 1.54) is 17.0 Å². The molecule has 9 heteroatoms. The number of nitro benzene ring substituents is 1. The maximum atomic E-state index is 12.9. The quantitative estimate of drug-likeness (QED) is 0.546. The molecule has 8 nitrogen and oxygen atoms in total. The van der Waals surface area contributed by atoms with Crippen LogP contribution in [0.3, 0.4) is 0 Å². The molecule has 2 rings (SSSR count). The standard InChI is InChI=1S/C18H25ClN4O4/c1-4-21-7-9-22(10-8-21)18(25)16(12(2)3)20-17(24)13-5-6-14(19)15(11-13)23(26)27/h5-6,11-12,16H,4,7-10H2,1-3H3,(H,20,24)/p+1/t16-/m0/s1. The molecular formula is C18H26ClN4O4+. The number of hydrogen-bond acceptors (Lipinski definition) is 4. The molecule has 1 aliphatic heterocycles. The van der Waals surface area contributed by atoms with Crippen LogP contribution in [0.2, 0.25) is 5.02 Å². The molecule has 0 radical (unpaired) electrons. The van der Waals surface area contributed by atoms with Crippen LogP contribution in [0.15, 0.2) is 18.2 Å². The Balaban J connectivity index is 2.11. The maximum absolute atomic E-state index is 12.9. The van der Waals surface area contributed by atoms with Crippen LogP contribution >= 0.6 is 11.6 Å². The molecule has 1 saturated heterocycles. The van der Waals surface area contributed by atoms with E-state index >= 15 is 0 Å². The van der Waals surface area contributed by atoms with E-state index in [-0.39, 0.29) is 28.1 Å². The molecule has 1 heterocycles. The highest BCUT2D eigenvalue weighted by molar-refractivity contribution is 6.32. The van der Waals surface area contributed by atoms with Crippen molar-refractivity contribution >= 4 is 29.1 Å². The van der Waals surface area contributed by atoms with Crippen molar-refractivity contribution in [2.75, 3.05) is 32.7 Å². The third-order valence-corrected chi connectivity index (χ3v) is 5.23. The highest BCUT2D eigenvalue weighted by atomic mass is 35.5. The minimum atomic E-state index is -0.685. The van der Waals surface area contributed by atoms with E-state index in [0.717, 1.165) is 25.7 Å². The fourth-order valence-electron chi connectivity index (χ4n) is 3.13. The van der Waals surface area contributed by atoms with E-state index in [2.05, 4.69) is 12.2 Å². The van der Waals surface area contributed by atoms with Crippen LogP contribution in [0.4, 0.5) is 5.69 Å². The summed E-state index contributed by atoms with van der Waals surface area (Å²) in [4.78, 5) is 39.1. The summed E-state index contributed by atoms with van der Waals surface area (Å²) in [6, 6.07) is 3.17. The SMILES string of the molecule is CC[NH+]1CCN(C(=O)[C@@H](NC(=O)c2ccc(Cl)c([N+](=O)[O-])c2)C(C)C)CC1. The van der Waals surface area contributed by atoms with Gasteiger partial charge in [-0.3, -0.25) is 19.7 Å². The van der Waals surface area contributed by atoms with Crippen LogP contribution in [-0.2, 0) is 4.79 Å². The van der Waals surface area contributed by atoms with Gasteiger partial charge in [-0.15, -0.1) is 0 Å². The zero-order valence-corrected chi connectivity index (χ0v) is 16.6. The van der Waals surface area contributed by atoms with E-state index in [1.54, 1.807) is 4.90 Å². The lowest BCUT2D eigenvalue weighted by Crippen LogP contribution is -3.14. The second kappa shape index (κ2) is 9.14. The highest BCUT2D eigenvalue weighted by Crippen LogP contribution is 2.25. The van der Waals surface area contributed by atoms with Crippen molar-refractivity contribution in [3.63, 3.8) is 0 Å². The number of rotatable bonds is 6.